The molecule has 0 bridgehead atoms. The Morgan fingerprint density at radius 1 is 1.40 bits per heavy atom. The molecule has 0 aromatic heterocycles. The standard InChI is InChI=1S/C13H22N2/c1-4-10(2)8-15-9-12-7-11(3)5-6-13(12)14/h5-7,10,15H,4,8-9,14H2,1-3H3. The number of benzene rings is 1. The van der Waals surface area contributed by atoms with Crippen LogP contribution in [0.3, 0.4) is 0 Å². The zero-order valence-electron chi connectivity index (χ0n) is 10.0. The van der Waals surface area contributed by atoms with Crippen molar-refractivity contribution in [3.05, 3.63) is 29.3 Å². The first kappa shape index (κ1) is 12.1. The van der Waals surface area contributed by atoms with E-state index in [1.54, 1.807) is 0 Å². The van der Waals surface area contributed by atoms with Gasteiger partial charge in [0.25, 0.3) is 0 Å². The monoisotopic (exact) mass is 206 g/mol. The normalized spacial score (nSPS) is 12.7. The van der Waals surface area contributed by atoms with Gasteiger partial charge in [-0.25, -0.2) is 0 Å². The van der Waals surface area contributed by atoms with Gasteiger partial charge in [0, 0.05) is 12.2 Å². The Kier molecular flexibility index (Phi) is 4.63. The van der Waals surface area contributed by atoms with Crippen molar-refractivity contribution in [3.63, 3.8) is 0 Å². The second-order valence-corrected chi connectivity index (χ2v) is 4.35. The van der Waals surface area contributed by atoms with Crippen molar-refractivity contribution in [2.24, 2.45) is 5.92 Å². The van der Waals surface area contributed by atoms with Crippen LogP contribution in [0.15, 0.2) is 18.2 Å². The number of anilines is 1. The lowest BCUT2D eigenvalue weighted by Crippen LogP contribution is -2.20. The number of rotatable bonds is 5. The van der Waals surface area contributed by atoms with Gasteiger partial charge in [-0.3, -0.25) is 0 Å². The molecule has 1 unspecified atom stereocenters. The Balaban J connectivity index is 2.46. The summed E-state index contributed by atoms with van der Waals surface area (Å²) < 4.78 is 0. The highest BCUT2D eigenvalue weighted by molar-refractivity contribution is 5.48. The molecule has 2 nitrogen and oxygen atoms in total. The van der Waals surface area contributed by atoms with Crippen LogP contribution in [0.2, 0.25) is 0 Å². The van der Waals surface area contributed by atoms with E-state index < -0.39 is 0 Å². The van der Waals surface area contributed by atoms with Crippen LogP contribution in [0.4, 0.5) is 5.69 Å². The van der Waals surface area contributed by atoms with E-state index in [4.69, 9.17) is 5.73 Å². The molecule has 0 spiro atoms. The van der Waals surface area contributed by atoms with Gasteiger partial charge in [-0.1, -0.05) is 38.0 Å². The van der Waals surface area contributed by atoms with Crippen molar-refractivity contribution < 1.29 is 0 Å². The van der Waals surface area contributed by atoms with E-state index in [1.165, 1.54) is 17.5 Å². The molecule has 1 aromatic rings. The smallest absolute Gasteiger partial charge is 0.0359 e. The second kappa shape index (κ2) is 5.76. The Bertz CT molecular complexity index is 307. The average Bonchev–Trinajstić information content (AvgIpc) is 2.23. The van der Waals surface area contributed by atoms with Crippen LogP contribution in [0, 0.1) is 12.8 Å². The summed E-state index contributed by atoms with van der Waals surface area (Å²) in [5.41, 5.74) is 9.26. The molecule has 2 heteroatoms. The van der Waals surface area contributed by atoms with Gasteiger partial charge in [-0.15, -0.1) is 0 Å². The van der Waals surface area contributed by atoms with E-state index in [-0.39, 0.29) is 0 Å². The zero-order chi connectivity index (χ0) is 11.3. The third-order valence-corrected chi connectivity index (χ3v) is 2.80. The molecular weight excluding hydrogens is 184 g/mol. The van der Waals surface area contributed by atoms with Crippen LogP contribution < -0.4 is 11.1 Å². The van der Waals surface area contributed by atoms with E-state index in [1.807, 2.05) is 12.1 Å². The third-order valence-electron chi connectivity index (χ3n) is 2.80. The maximum absolute atomic E-state index is 5.90. The van der Waals surface area contributed by atoms with Crippen LogP contribution in [0.1, 0.15) is 31.4 Å². The summed E-state index contributed by atoms with van der Waals surface area (Å²) in [5, 5.41) is 3.44. The van der Waals surface area contributed by atoms with Crippen LogP contribution in [0.5, 0.6) is 0 Å². The summed E-state index contributed by atoms with van der Waals surface area (Å²) in [5.74, 6) is 0.732. The molecule has 0 saturated carbocycles. The van der Waals surface area contributed by atoms with E-state index in [9.17, 15) is 0 Å². The highest BCUT2D eigenvalue weighted by atomic mass is 14.9. The summed E-state index contributed by atoms with van der Waals surface area (Å²) in [6.07, 6.45) is 1.22. The van der Waals surface area contributed by atoms with Gasteiger partial charge in [0.15, 0.2) is 0 Å². The minimum absolute atomic E-state index is 0.732. The molecular formula is C13H22N2. The first-order chi connectivity index (χ1) is 7.13. The molecule has 0 heterocycles. The van der Waals surface area contributed by atoms with Gasteiger partial charge in [-0.2, -0.15) is 0 Å². The van der Waals surface area contributed by atoms with Crippen molar-refractivity contribution in [2.45, 2.75) is 33.7 Å². The maximum Gasteiger partial charge on any atom is 0.0359 e. The van der Waals surface area contributed by atoms with E-state index in [2.05, 4.69) is 32.2 Å². The Hall–Kier alpha value is -1.02. The number of nitrogen functional groups attached to an aromatic ring is 1. The summed E-state index contributed by atoms with van der Waals surface area (Å²) in [4.78, 5) is 0. The van der Waals surface area contributed by atoms with E-state index in [0.29, 0.717) is 0 Å². The fraction of sp³-hybridized carbons (Fsp3) is 0.538. The van der Waals surface area contributed by atoms with Crippen molar-refractivity contribution >= 4 is 5.69 Å². The molecule has 0 aliphatic carbocycles. The molecule has 0 aliphatic rings. The molecule has 0 amide bonds. The summed E-state index contributed by atoms with van der Waals surface area (Å²) in [6.45, 7) is 8.50. The highest BCUT2D eigenvalue weighted by Crippen LogP contribution is 2.13. The zero-order valence-corrected chi connectivity index (χ0v) is 10.0. The fourth-order valence-electron chi connectivity index (χ4n) is 1.49. The maximum atomic E-state index is 5.90. The number of hydrogen-bond acceptors (Lipinski definition) is 2. The first-order valence-corrected chi connectivity index (χ1v) is 5.69. The minimum atomic E-state index is 0.732. The SMILES string of the molecule is CCC(C)CNCc1cc(C)ccc1N. The molecule has 0 saturated heterocycles. The molecule has 84 valence electrons. The largest absolute Gasteiger partial charge is 0.398 e. The molecule has 1 aromatic carbocycles. The number of hydrogen-bond donors (Lipinski definition) is 2. The lowest BCUT2D eigenvalue weighted by Gasteiger charge is -2.11. The lowest BCUT2D eigenvalue weighted by atomic mass is 10.1. The molecule has 1 atom stereocenters. The first-order valence-electron chi connectivity index (χ1n) is 5.69. The van der Waals surface area contributed by atoms with Gasteiger partial charge in [0.1, 0.15) is 0 Å². The number of nitrogens with one attached hydrogen (secondary N) is 1. The van der Waals surface area contributed by atoms with Gasteiger partial charge in [0.2, 0.25) is 0 Å². The van der Waals surface area contributed by atoms with Gasteiger partial charge in [0.05, 0.1) is 0 Å². The number of aryl methyl sites for hydroxylation is 1. The van der Waals surface area contributed by atoms with Crippen molar-refractivity contribution in [1.29, 1.82) is 0 Å². The molecule has 0 fully saturated rings. The quantitative estimate of drug-likeness (QED) is 0.727. The van der Waals surface area contributed by atoms with Gasteiger partial charge in [-0.05, 0) is 31.0 Å². The molecule has 15 heavy (non-hydrogen) atoms. The number of nitrogens with two attached hydrogens (primary N) is 1. The Morgan fingerprint density at radius 3 is 2.80 bits per heavy atom. The minimum Gasteiger partial charge on any atom is -0.398 e. The van der Waals surface area contributed by atoms with Gasteiger partial charge < -0.3 is 11.1 Å². The predicted molar refractivity (Wildman–Crippen MR) is 66.8 cm³/mol. The lowest BCUT2D eigenvalue weighted by molar-refractivity contribution is 0.500. The van der Waals surface area contributed by atoms with Crippen LogP contribution in [-0.2, 0) is 6.54 Å². The van der Waals surface area contributed by atoms with Crippen LogP contribution in [0.25, 0.3) is 0 Å². The molecule has 1 rings (SSSR count). The molecule has 0 radical (unpaired) electrons. The topological polar surface area (TPSA) is 38.0 Å². The Morgan fingerprint density at radius 2 is 2.13 bits per heavy atom. The Labute approximate surface area is 92.9 Å². The van der Waals surface area contributed by atoms with E-state index in [0.717, 1.165) is 24.7 Å². The summed E-state index contributed by atoms with van der Waals surface area (Å²) >= 11 is 0. The molecule has 0 aliphatic heterocycles. The third kappa shape index (κ3) is 3.92. The highest BCUT2D eigenvalue weighted by Gasteiger charge is 2.01. The van der Waals surface area contributed by atoms with Crippen molar-refractivity contribution in [1.82, 2.24) is 5.32 Å². The van der Waals surface area contributed by atoms with Crippen LogP contribution in [-0.4, -0.2) is 6.54 Å². The summed E-state index contributed by atoms with van der Waals surface area (Å²) in [7, 11) is 0. The second-order valence-electron chi connectivity index (χ2n) is 4.35. The predicted octanol–water partition coefficient (Wildman–Crippen LogP) is 2.71. The fourth-order valence-corrected chi connectivity index (χ4v) is 1.49. The van der Waals surface area contributed by atoms with Gasteiger partial charge >= 0.3 is 0 Å². The molecule has 3 N–H and O–H groups in total. The average molecular weight is 206 g/mol. The van der Waals surface area contributed by atoms with Crippen LogP contribution >= 0.6 is 0 Å². The van der Waals surface area contributed by atoms with E-state index >= 15 is 0 Å². The summed E-state index contributed by atoms with van der Waals surface area (Å²) in [6, 6.07) is 6.18. The van der Waals surface area contributed by atoms with Crippen molar-refractivity contribution in [3.8, 4) is 0 Å². The van der Waals surface area contributed by atoms with Crippen molar-refractivity contribution in [2.75, 3.05) is 12.3 Å².